The van der Waals surface area contributed by atoms with E-state index in [0.717, 1.165) is 0 Å². The molecule has 0 amide bonds. The van der Waals surface area contributed by atoms with Crippen LogP contribution in [-0.4, -0.2) is 28.2 Å². The first-order valence-corrected chi connectivity index (χ1v) is 5.08. The monoisotopic (exact) mass is 263 g/mol. The Kier molecular flexibility index (Phi) is 4.74. The number of carbonyl (C=O) groups is 2. The SMILES string of the molecule is CC(C)(C)OC(=O)C1(N)C=CC(C(=O)O)C1.Cl. The lowest BCUT2D eigenvalue weighted by atomic mass is 9.96. The molecule has 1 aliphatic rings. The van der Waals surface area contributed by atoms with Crippen molar-refractivity contribution in [2.75, 3.05) is 0 Å². The van der Waals surface area contributed by atoms with Gasteiger partial charge in [0.1, 0.15) is 11.1 Å². The van der Waals surface area contributed by atoms with Crippen LogP contribution in [0.4, 0.5) is 0 Å². The quantitative estimate of drug-likeness (QED) is 0.575. The molecule has 0 spiro atoms. The highest BCUT2D eigenvalue weighted by Crippen LogP contribution is 2.28. The van der Waals surface area contributed by atoms with Crippen LogP contribution >= 0.6 is 12.4 Å². The van der Waals surface area contributed by atoms with E-state index in [4.69, 9.17) is 15.6 Å². The molecule has 3 N–H and O–H groups in total. The summed E-state index contributed by atoms with van der Waals surface area (Å²) in [4.78, 5) is 22.5. The van der Waals surface area contributed by atoms with Gasteiger partial charge in [0.2, 0.25) is 0 Å². The van der Waals surface area contributed by atoms with Crippen LogP contribution in [0.1, 0.15) is 27.2 Å². The zero-order valence-corrected chi connectivity index (χ0v) is 10.9. The van der Waals surface area contributed by atoms with Crippen LogP contribution in [0.25, 0.3) is 0 Å². The number of hydrogen-bond acceptors (Lipinski definition) is 4. The molecule has 0 aliphatic heterocycles. The smallest absolute Gasteiger partial charge is 0.330 e. The lowest BCUT2D eigenvalue weighted by molar-refractivity contribution is -0.160. The average molecular weight is 264 g/mol. The Morgan fingerprint density at radius 3 is 2.35 bits per heavy atom. The number of hydrogen-bond donors (Lipinski definition) is 2. The molecular formula is C11H18ClNO4. The van der Waals surface area contributed by atoms with Gasteiger partial charge in [-0.2, -0.15) is 0 Å². The third-order valence-electron chi connectivity index (χ3n) is 2.28. The van der Waals surface area contributed by atoms with E-state index in [1.165, 1.54) is 12.2 Å². The van der Waals surface area contributed by atoms with Gasteiger partial charge in [0.05, 0.1) is 5.92 Å². The van der Waals surface area contributed by atoms with Crippen molar-refractivity contribution in [2.24, 2.45) is 11.7 Å². The molecule has 5 nitrogen and oxygen atoms in total. The summed E-state index contributed by atoms with van der Waals surface area (Å²) in [5.74, 6) is -2.27. The van der Waals surface area contributed by atoms with Crippen LogP contribution in [0, 0.1) is 5.92 Å². The van der Waals surface area contributed by atoms with Gasteiger partial charge >= 0.3 is 11.9 Å². The minimum Gasteiger partial charge on any atom is -0.481 e. The van der Waals surface area contributed by atoms with Gasteiger partial charge in [-0.05, 0) is 27.2 Å². The number of aliphatic carboxylic acids is 1. The van der Waals surface area contributed by atoms with E-state index in [2.05, 4.69) is 0 Å². The molecule has 98 valence electrons. The van der Waals surface area contributed by atoms with Crippen molar-refractivity contribution < 1.29 is 19.4 Å². The molecule has 0 aromatic heterocycles. The number of carbonyl (C=O) groups excluding carboxylic acids is 1. The van der Waals surface area contributed by atoms with Crippen molar-refractivity contribution >= 4 is 24.3 Å². The number of esters is 1. The van der Waals surface area contributed by atoms with Crippen molar-refractivity contribution in [3.05, 3.63) is 12.2 Å². The van der Waals surface area contributed by atoms with Gasteiger partial charge in [0.15, 0.2) is 0 Å². The number of carboxylic acid groups (broad SMARTS) is 1. The van der Waals surface area contributed by atoms with Crippen molar-refractivity contribution in [1.82, 2.24) is 0 Å². The van der Waals surface area contributed by atoms with Crippen molar-refractivity contribution in [3.8, 4) is 0 Å². The van der Waals surface area contributed by atoms with E-state index < -0.39 is 29.0 Å². The Morgan fingerprint density at radius 1 is 1.47 bits per heavy atom. The topological polar surface area (TPSA) is 89.6 Å². The number of rotatable bonds is 2. The van der Waals surface area contributed by atoms with Crippen molar-refractivity contribution in [1.29, 1.82) is 0 Å². The number of halogens is 1. The summed E-state index contributed by atoms with van der Waals surface area (Å²) in [6.07, 6.45) is 2.91. The Morgan fingerprint density at radius 2 is 2.00 bits per heavy atom. The number of ether oxygens (including phenoxy) is 1. The van der Waals surface area contributed by atoms with Crippen molar-refractivity contribution in [2.45, 2.75) is 38.3 Å². The third-order valence-corrected chi connectivity index (χ3v) is 2.28. The lowest BCUT2D eigenvalue weighted by Gasteiger charge is -2.27. The van der Waals surface area contributed by atoms with E-state index >= 15 is 0 Å². The first kappa shape index (κ1) is 15.9. The molecule has 1 aliphatic carbocycles. The van der Waals surface area contributed by atoms with Crippen LogP contribution in [0.15, 0.2) is 12.2 Å². The normalized spacial score (nSPS) is 27.4. The maximum absolute atomic E-state index is 11.8. The average Bonchev–Trinajstić information content (AvgIpc) is 2.46. The summed E-state index contributed by atoms with van der Waals surface area (Å²) >= 11 is 0. The third kappa shape index (κ3) is 4.02. The van der Waals surface area contributed by atoms with E-state index in [1.54, 1.807) is 20.8 Å². The van der Waals surface area contributed by atoms with Crippen LogP contribution in [0.3, 0.4) is 0 Å². The summed E-state index contributed by atoms with van der Waals surface area (Å²) in [7, 11) is 0. The summed E-state index contributed by atoms with van der Waals surface area (Å²) in [6, 6.07) is 0. The fourth-order valence-corrected chi connectivity index (χ4v) is 1.48. The van der Waals surface area contributed by atoms with Crippen LogP contribution in [0.2, 0.25) is 0 Å². The molecule has 17 heavy (non-hydrogen) atoms. The van der Waals surface area contributed by atoms with E-state index in [1.807, 2.05) is 0 Å². The Bertz CT molecular complexity index is 348. The van der Waals surface area contributed by atoms with Gasteiger partial charge < -0.3 is 15.6 Å². The Labute approximate surface area is 106 Å². The molecular weight excluding hydrogens is 246 g/mol. The van der Waals surface area contributed by atoms with E-state index in [9.17, 15) is 9.59 Å². The zero-order valence-electron chi connectivity index (χ0n) is 10.1. The number of nitrogens with two attached hydrogens (primary N) is 1. The van der Waals surface area contributed by atoms with Crippen LogP contribution < -0.4 is 5.73 Å². The van der Waals surface area contributed by atoms with Gasteiger partial charge in [0.25, 0.3) is 0 Å². The highest BCUT2D eigenvalue weighted by Gasteiger charge is 2.42. The maximum atomic E-state index is 11.8. The Balaban J connectivity index is 0.00000256. The van der Waals surface area contributed by atoms with Crippen LogP contribution in [0.5, 0.6) is 0 Å². The van der Waals surface area contributed by atoms with Gasteiger partial charge in [-0.3, -0.25) is 4.79 Å². The summed E-state index contributed by atoms with van der Waals surface area (Å²) < 4.78 is 5.14. The molecule has 0 aromatic carbocycles. The molecule has 0 fully saturated rings. The standard InChI is InChI=1S/C11H17NO4.ClH/c1-10(2,3)16-9(15)11(12)5-4-7(6-11)8(13)14;/h4-5,7H,6,12H2,1-3H3,(H,13,14);1H. The summed E-state index contributed by atoms with van der Waals surface area (Å²) in [6.45, 7) is 5.21. The van der Waals surface area contributed by atoms with Crippen LogP contribution in [-0.2, 0) is 14.3 Å². The first-order valence-electron chi connectivity index (χ1n) is 5.08. The predicted molar refractivity (Wildman–Crippen MR) is 64.9 cm³/mol. The first-order chi connectivity index (χ1) is 7.14. The van der Waals surface area contributed by atoms with Gasteiger partial charge in [-0.1, -0.05) is 12.2 Å². The molecule has 2 unspecified atom stereocenters. The Hall–Kier alpha value is -1.07. The minimum atomic E-state index is -1.31. The molecule has 0 heterocycles. The van der Waals surface area contributed by atoms with Gasteiger partial charge in [0, 0.05) is 0 Å². The van der Waals surface area contributed by atoms with E-state index in [0.29, 0.717) is 0 Å². The molecule has 0 saturated heterocycles. The fraction of sp³-hybridized carbons (Fsp3) is 0.636. The van der Waals surface area contributed by atoms with Gasteiger partial charge in [-0.15, -0.1) is 12.4 Å². The highest BCUT2D eigenvalue weighted by atomic mass is 35.5. The molecule has 0 radical (unpaired) electrons. The molecule has 0 saturated carbocycles. The predicted octanol–water partition coefficient (Wildman–Crippen LogP) is 1.11. The van der Waals surface area contributed by atoms with Gasteiger partial charge in [-0.25, -0.2) is 4.79 Å². The highest BCUT2D eigenvalue weighted by molar-refractivity contribution is 5.86. The lowest BCUT2D eigenvalue weighted by Crippen LogP contribution is -2.49. The second-order valence-corrected chi connectivity index (χ2v) is 5.05. The molecule has 0 aromatic rings. The summed E-state index contributed by atoms with van der Waals surface area (Å²) in [5, 5.41) is 8.80. The summed E-state index contributed by atoms with van der Waals surface area (Å²) in [5.41, 5.74) is 3.88. The molecule has 6 heteroatoms. The number of carboxylic acids is 1. The molecule has 0 bridgehead atoms. The second kappa shape index (κ2) is 5.06. The maximum Gasteiger partial charge on any atom is 0.330 e. The largest absolute Gasteiger partial charge is 0.481 e. The molecule has 1 rings (SSSR count). The molecule has 2 atom stereocenters. The van der Waals surface area contributed by atoms with Crippen molar-refractivity contribution in [3.63, 3.8) is 0 Å². The minimum absolute atomic E-state index is 0. The zero-order chi connectivity index (χ0) is 12.6. The van der Waals surface area contributed by atoms with E-state index in [-0.39, 0.29) is 18.8 Å². The second-order valence-electron chi connectivity index (χ2n) is 5.05. The fourth-order valence-electron chi connectivity index (χ4n) is 1.48.